The molecule has 1 heterocycles. The zero-order valence-electron chi connectivity index (χ0n) is 11.7. The molecule has 0 unspecified atom stereocenters. The van der Waals surface area contributed by atoms with Crippen LogP contribution < -0.4 is 10.9 Å². The first-order chi connectivity index (χ1) is 8.85. The van der Waals surface area contributed by atoms with E-state index in [9.17, 15) is 9.59 Å². The number of H-pyrrole nitrogens is 1. The Morgan fingerprint density at radius 1 is 1.42 bits per heavy atom. The molecule has 19 heavy (non-hydrogen) atoms. The third-order valence-electron chi connectivity index (χ3n) is 3.04. The van der Waals surface area contributed by atoms with Gasteiger partial charge in [-0.05, 0) is 37.3 Å². The number of pyridine rings is 1. The molecule has 106 valence electrons. The SMILES string of the molecule is Cc1ccc(C(=O)NCC(C)(C)CCCO)c(=O)[nH]1. The minimum Gasteiger partial charge on any atom is -0.396 e. The molecule has 0 bridgehead atoms. The van der Waals surface area contributed by atoms with Gasteiger partial charge in [0.2, 0.25) is 0 Å². The van der Waals surface area contributed by atoms with Gasteiger partial charge >= 0.3 is 0 Å². The average Bonchev–Trinajstić information content (AvgIpc) is 2.34. The number of amides is 1. The lowest BCUT2D eigenvalue weighted by Crippen LogP contribution is -2.36. The van der Waals surface area contributed by atoms with Gasteiger partial charge in [0.05, 0.1) is 0 Å². The first kappa shape index (κ1) is 15.4. The normalized spacial score (nSPS) is 11.4. The molecule has 0 radical (unpaired) electrons. The summed E-state index contributed by atoms with van der Waals surface area (Å²) in [6.07, 6.45) is 1.52. The topological polar surface area (TPSA) is 82.2 Å². The summed E-state index contributed by atoms with van der Waals surface area (Å²) in [5.41, 5.74) is 0.384. The highest BCUT2D eigenvalue weighted by Gasteiger charge is 2.19. The number of aliphatic hydroxyl groups excluding tert-OH is 1. The van der Waals surface area contributed by atoms with E-state index in [-0.39, 0.29) is 29.1 Å². The Balaban J connectivity index is 2.63. The molecule has 0 aromatic carbocycles. The zero-order valence-corrected chi connectivity index (χ0v) is 11.7. The fraction of sp³-hybridized carbons (Fsp3) is 0.571. The number of hydrogen-bond acceptors (Lipinski definition) is 3. The van der Waals surface area contributed by atoms with Crippen LogP contribution in [0.25, 0.3) is 0 Å². The van der Waals surface area contributed by atoms with Crippen molar-refractivity contribution < 1.29 is 9.90 Å². The molecule has 5 heteroatoms. The van der Waals surface area contributed by atoms with Crippen molar-refractivity contribution in [3.63, 3.8) is 0 Å². The van der Waals surface area contributed by atoms with E-state index in [1.807, 2.05) is 13.8 Å². The summed E-state index contributed by atoms with van der Waals surface area (Å²) >= 11 is 0. The van der Waals surface area contributed by atoms with E-state index in [0.29, 0.717) is 13.0 Å². The molecule has 3 N–H and O–H groups in total. The number of nitrogens with one attached hydrogen (secondary N) is 2. The van der Waals surface area contributed by atoms with Crippen LogP contribution in [-0.2, 0) is 0 Å². The average molecular weight is 266 g/mol. The minimum absolute atomic E-state index is 0.101. The molecule has 0 aliphatic rings. The van der Waals surface area contributed by atoms with Crippen LogP contribution in [0.1, 0.15) is 42.7 Å². The van der Waals surface area contributed by atoms with Gasteiger partial charge in [0.15, 0.2) is 0 Å². The van der Waals surface area contributed by atoms with Crippen LogP contribution in [0.5, 0.6) is 0 Å². The number of aromatic amines is 1. The third-order valence-corrected chi connectivity index (χ3v) is 3.04. The molecule has 1 rings (SSSR count). The maximum Gasteiger partial charge on any atom is 0.260 e. The second-order valence-electron chi connectivity index (χ2n) is 5.56. The van der Waals surface area contributed by atoms with Crippen molar-refractivity contribution in [1.29, 1.82) is 0 Å². The van der Waals surface area contributed by atoms with Gasteiger partial charge in [-0.2, -0.15) is 0 Å². The maximum absolute atomic E-state index is 11.9. The van der Waals surface area contributed by atoms with Gasteiger partial charge in [-0.3, -0.25) is 9.59 Å². The van der Waals surface area contributed by atoms with E-state index in [0.717, 1.165) is 12.1 Å². The molecule has 0 spiro atoms. The van der Waals surface area contributed by atoms with E-state index in [2.05, 4.69) is 10.3 Å². The first-order valence-corrected chi connectivity index (χ1v) is 6.45. The summed E-state index contributed by atoms with van der Waals surface area (Å²) < 4.78 is 0. The monoisotopic (exact) mass is 266 g/mol. The second kappa shape index (κ2) is 6.52. The molecule has 0 atom stereocenters. The predicted molar refractivity (Wildman–Crippen MR) is 74.2 cm³/mol. The Morgan fingerprint density at radius 3 is 2.68 bits per heavy atom. The number of aryl methyl sites for hydroxylation is 1. The fourth-order valence-electron chi connectivity index (χ4n) is 1.81. The molecular weight excluding hydrogens is 244 g/mol. The smallest absolute Gasteiger partial charge is 0.260 e. The lowest BCUT2D eigenvalue weighted by Gasteiger charge is -2.24. The number of aliphatic hydroxyl groups is 1. The van der Waals surface area contributed by atoms with Crippen LogP contribution in [0, 0.1) is 12.3 Å². The largest absolute Gasteiger partial charge is 0.396 e. The van der Waals surface area contributed by atoms with E-state index >= 15 is 0 Å². The minimum atomic E-state index is -0.370. The molecule has 0 fully saturated rings. The third kappa shape index (κ3) is 4.87. The highest BCUT2D eigenvalue weighted by atomic mass is 16.3. The number of rotatable bonds is 6. The van der Waals surface area contributed by atoms with Crippen LogP contribution >= 0.6 is 0 Å². The predicted octanol–water partition coefficient (Wildman–Crippen LogP) is 1.21. The van der Waals surface area contributed by atoms with Gasteiger partial charge in [0, 0.05) is 18.8 Å². The molecular formula is C14H22N2O3. The number of carbonyl (C=O) groups is 1. The van der Waals surface area contributed by atoms with Crippen LogP contribution in [-0.4, -0.2) is 29.1 Å². The standard InChI is InChI=1S/C14H22N2O3/c1-10-5-6-11(13(19)16-10)12(18)15-9-14(2,3)7-4-8-17/h5-6,17H,4,7-9H2,1-3H3,(H,15,18)(H,16,19). The summed E-state index contributed by atoms with van der Waals surface area (Å²) in [7, 11) is 0. The second-order valence-corrected chi connectivity index (χ2v) is 5.56. The number of aromatic nitrogens is 1. The van der Waals surface area contributed by atoms with Crippen molar-refractivity contribution in [3.05, 3.63) is 33.7 Å². The molecule has 0 saturated heterocycles. The van der Waals surface area contributed by atoms with Gasteiger partial charge < -0.3 is 15.4 Å². The Bertz CT molecular complexity index is 492. The number of carbonyl (C=O) groups excluding carboxylic acids is 1. The fourth-order valence-corrected chi connectivity index (χ4v) is 1.81. The highest BCUT2D eigenvalue weighted by molar-refractivity contribution is 5.93. The van der Waals surface area contributed by atoms with Crippen molar-refractivity contribution in [1.82, 2.24) is 10.3 Å². The Labute approximate surface area is 113 Å². The Morgan fingerprint density at radius 2 is 2.11 bits per heavy atom. The molecule has 1 amide bonds. The van der Waals surface area contributed by atoms with Crippen molar-refractivity contribution in [2.24, 2.45) is 5.41 Å². The Hall–Kier alpha value is -1.62. The van der Waals surface area contributed by atoms with Crippen LogP contribution in [0.3, 0.4) is 0 Å². The maximum atomic E-state index is 11.9. The van der Waals surface area contributed by atoms with E-state index in [4.69, 9.17) is 5.11 Å². The van der Waals surface area contributed by atoms with Gasteiger partial charge in [0.25, 0.3) is 11.5 Å². The van der Waals surface area contributed by atoms with Gasteiger partial charge in [-0.1, -0.05) is 13.8 Å². The van der Waals surface area contributed by atoms with Crippen molar-refractivity contribution in [2.75, 3.05) is 13.2 Å². The van der Waals surface area contributed by atoms with Crippen molar-refractivity contribution in [3.8, 4) is 0 Å². The van der Waals surface area contributed by atoms with Crippen molar-refractivity contribution in [2.45, 2.75) is 33.6 Å². The van der Waals surface area contributed by atoms with Gasteiger partial charge in [-0.15, -0.1) is 0 Å². The van der Waals surface area contributed by atoms with Crippen LogP contribution in [0.4, 0.5) is 0 Å². The number of hydrogen-bond donors (Lipinski definition) is 3. The van der Waals surface area contributed by atoms with Gasteiger partial charge in [-0.25, -0.2) is 0 Å². The molecule has 5 nitrogen and oxygen atoms in total. The summed E-state index contributed by atoms with van der Waals surface area (Å²) in [6, 6.07) is 3.23. The molecule has 1 aromatic rings. The summed E-state index contributed by atoms with van der Waals surface area (Å²) in [5, 5.41) is 11.6. The first-order valence-electron chi connectivity index (χ1n) is 6.45. The van der Waals surface area contributed by atoms with Crippen LogP contribution in [0.15, 0.2) is 16.9 Å². The molecule has 1 aromatic heterocycles. The molecule has 0 aliphatic carbocycles. The van der Waals surface area contributed by atoms with E-state index in [1.165, 1.54) is 6.07 Å². The lowest BCUT2D eigenvalue weighted by atomic mass is 9.88. The Kier molecular flexibility index (Phi) is 5.30. The lowest BCUT2D eigenvalue weighted by molar-refractivity contribution is 0.0931. The summed E-state index contributed by atoms with van der Waals surface area (Å²) in [6.45, 7) is 6.42. The van der Waals surface area contributed by atoms with Crippen molar-refractivity contribution >= 4 is 5.91 Å². The van der Waals surface area contributed by atoms with Crippen LogP contribution in [0.2, 0.25) is 0 Å². The zero-order chi connectivity index (χ0) is 14.5. The summed E-state index contributed by atoms with van der Waals surface area (Å²) in [5.74, 6) is -0.363. The van der Waals surface area contributed by atoms with E-state index in [1.54, 1.807) is 13.0 Å². The molecule has 0 aliphatic heterocycles. The van der Waals surface area contributed by atoms with E-state index < -0.39 is 0 Å². The molecule has 0 saturated carbocycles. The van der Waals surface area contributed by atoms with Gasteiger partial charge in [0.1, 0.15) is 5.56 Å². The highest BCUT2D eigenvalue weighted by Crippen LogP contribution is 2.20. The summed E-state index contributed by atoms with van der Waals surface area (Å²) in [4.78, 5) is 26.1. The quantitative estimate of drug-likeness (QED) is 0.724.